The molecule has 0 aromatic heterocycles. The molecule has 3 rings (SSSR count). The Bertz CT molecular complexity index is 641. The second-order valence-corrected chi connectivity index (χ2v) is 8.51. The molecule has 0 atom stereocenters. The van der Waals surface area contributed by atoms with Crippen LogP contribution >= 0.6 is 0 Å². The minimum absolute atomic E-state index is 0.184. The summed E-state index contributed by atoms with van der Waals surface area (Å²) >= 11 is 0. The van der Waals surface area contributed by atoms with Crippen molar-refractivity contribution >= 4 is 11.6 Å². The van der Waals surface area contributed by atoms with Crippen LogP contribution in [0.25, 0.3) is 0 Å². The number of hydrogen-bond acceptors (Lipinski definition) is 2. The van der Waals surface area contributed by atoms with Gasteiger partial charge in [0.05, 0.1) is 11.3 Å². The van der Waals surface area contributed by atoms with Gasteiger partial charge in [-0.1, -0.05) is 61.9 Å². The van der Waals surface area contributed by atoms with Crippen molar-refractivity contribution in [2.45, 2.75) is 84.1 Å². The zero-order chi connectivity index (χ0) is 17.9. The largest absolute Gasteiger partial charge is 0.273 e. The first-order valence-corrected chi connectivity index (χ1v) is 9.93. The lowest BCUT2D eigenvalue weighted by atomic mass is 9.86. The zero-order valence-electron chi connectivity index (χ0n) is 16.1. The van der Waals surface area contributed by atoms with E-state index in [1.807, 2.05) is 0 Å². The minimum Gasteiger partial charge on any atom is -0.273 e. The van der Waals surface area contributed by atoms with Gasteiger partial charge in [0.15, 0.2) is 0 Å². The number of hydrogen-bond donors (Lipinski definition) is 0. The zero-order valence-corrected chi connectivity index (χ0v) is 16.1. The molecule has 25 heavy (non-hydrogen) atoms. The Morgan fingerprint density at radius 2 is 2.00 bits per heavy atom. The van der Waals surface area contributed by atoms with Crippen LogP contribution in [0.5, 0.6) is 0 Å². The molecule has 1 amide bonds. The van der Waals surface area contributed by atoms with Crippen LogP contribution in [0, 0.1) is 12.8 Å². The van der Waals surface area contributed by atoms with Gasteiger partial charge in [-0.15, -0.1) is 0 Å². The van der Waals surface area contributed by atoms with Crippen LogP contribution in [-0.2, 0) is 4.79 Å². The standard InChI is InChI=1S/C22H32N2O/c1-17-9-7-13-19(15-17)20-16-22(2,3)24(23-20)21(25)14-8-12-18-10-5-4-6-11-18/h7,9,13,15,18H,4-6,8,10-12,14,16H2,1-3H3. The maximum absolute atomic E-state index is 12.8. The number of carbonyl (C=O) groups excluding carboxylic acids is 1. The second kappa shape index (κ2) is 7.72. The number of carbonyl (C=O) groups is 1. The van der Waals surface area contributed by atoms with Crippen molar-refractivity contribution in [3.63, 3.8) is 0 Å². The summed E-state index contributed by atoms with van der Waals surface area (Å²) in [4.78, 5) is 12.8. The Morgan fingerprint density at radius 3 is 2.72 bits per heavy atom. The molecule has 0 bridgehead atoms. The van der Waals surface area contributed by atoms with E-state index < -0.39 is 0 Å². The van der Waals surface area contributed by atoms with Gasteiger partial charge in [-0.05, 0) is 45.1 Å². The molecule has 1 heterocycles. The molecule has 0 unspecified atom stereocenters. The Morgan fingerprint density at radius 1 is 1.24 bits per heavy atom. The van der Waals surface area contributed by atoms with E-state index in [0.717, 1.165) is 30.0 Å². The predicted octanol–water partition coefficient (Wildman–Crippen LogP) is 5.46. The van der Waals surface area contributed by atoms with Gasteiger partial charge in [0.2, 0.25) is 5.91 Å². The average Bonchev–Trinajstić information content (AvgIpc) is 2.91. The van der Waals surface area contributed by atoms with Gasteiger partial charge >= 0.3 is 0 Å². The number of amides is 1. The molecular formula is C22H32N2O. The predicted molar refractivity (Wildman–Crippen MR) is 104 cm³/mol. The minimum atomic E-state index is -0.221. The van der Waals surface area contributed by atoms with Crippen LogP contribution in [0.4, 0.5) is 0 Å². The highest BCUT2D eigenvalue weighted by molar-refractivity contribution is 6.03. The smallest absolute Gasteiger partial charge is 0.243 e. The van der Waals surface area contributed by atoms with Gasteiger partial charge in [0.1, 0.15) is 0 Å². The summed E-state index contributed by atoms with van der Waals surface area (Å²) in [6, 6.07) is 8.41. The highest BCUT2D eigenvalue weighted by Gasteiger charge is 2.38. The fraction of sp³-hybridized carbons (Fsp3) is 0.636. The quantitative estimate of drug-likeness (QED) is 0.700. The molecule has 0 saturated heterocycles. The summed E-state index contributed by atoms with van der Waals surface area (Å²) < 4.78 is 0. The SMILES string of the molecule is Cc1cccc(C2=NN(C(=O)CCCC3CCCCC3)C(C)(C)C2)c1. The Kier molecular flexibility index (Phi) is 5.61. The number of hydrazone groups is 1. The first-order chi connectivity index (χ1) is 12.0. The van der Waals surface area contributed by atoms with Crippen molar-refractivity contribution in [2.75, 3.05) is 0 Å². The molecule has 1 aromatic carbocycles. The summed E-state index contributed by atoms with van der Waals surface area (Å²) in [5, 5.41) is 6.47. The summed E-state index contributed by atoms with van der Waals surface area (Å²) in [6.07, 6.45) is 10.5. The van der Waals surface area contributed by atoms with Crippen LogP contribution in [0.1, 0.15) is 82.8 Å². The van der Waals surface area contributed by atoms with Crippen molar-refractivity contribution in [1.29, 1.82) is 0 Å². The molecule has 1 saturated carbocycles. The van der Waals surface area contributed by atoms with E-state index in [0.29, 0.717) is 6.42 Å². The van der Waals surface area contributed by atoms with Gasteiger partial charge in [-0.25, -0.2) is 5.01 Å². The number of benzene rings is 1. The third kappa shape index (κ3) is 4.50. The Hall–Kier alpha value is -1.64. The molecule has 3 heteroatoms. The van der Waals surface area contributed by atoms with Crippen molar-refractivity contribution in [2.24, 2.45) is 11.0 Å². The maximum atomic E-state index is 12.8. The van der Waals surface area contributed by atoms with Gasteiger partial charge in [-0.3, -0.25) is 4.79 Å². The average molecular weight is 341 g/mol. The van der Waals surface area contributed by atoms with Crippen molar-refractivity contribution in [3.8, 4) is 0 Å². The summed E-state index contributed by atoms with van der Waals surface area (Å²) in [5.74, 6) is 1.03. The van der Waals surface area contributed by atoms with E-state index in [9.17, 15) is 4.79 Å². The molecule has 2 aliphatic rings. The van der Waals surface area contributed by atoms with Crippen LogP contribution in [0.3, 0.4) is 0 Å². The van der Waals surface area contributed by atoms with Crippen molar-refractivity contribution < 1.29 is 4.79 Å². The molecule has 1 aliphatic carbocycles. The highest BCUT2D eigenvalue weighted by Crippen LogP contribution is 2.32. The molecule has 0 spiro atoms. The Labute approximate surface area is 152 Å². The highest BCUT2D eigenvalue weighted by atomic mass is 16.2. The van der Waals surface area contributed by atoms with Gasteiger partial charge in [0, 0.05) is 12.8 Å². The molecular weight excluding hydrogens is 308 g/mol. The van der Waals surface area contributed by atoms with E-state index in [4.69, 9.17) is 5.10 Å². The molecule has 3 nitrogen and oxygen atoms in total. The first-order valence-electron chi connectivity index (χ1n) is 9.93. The maximum Gasteiger partial charge on any atom is 0.243 e. The normalized spacial score (nSPS) is 20.6. The van der Waals surface area contributed by atoms with Crippen LogP contribution in [0.15, 0.2) is 29.4 Å². The monoisotopic (exact) mass is 340 g/mol. The van der Waals surface area contributed by atoms with E-state index in [1.54, 1.807) is 5.01 Å². The van der Waals surface area contributed by atoms with Crippen LogP contribution < -0.4 is 0 Å². The molecule has 1 fully saturated rings. The molecule has 0 N–H and O–H groups in total. The lowest BCUT2D eigenvalue weighted by Gasteiger charge is -2.29. The first kappa shape index (κ1) is 18.2. The molecule has 136 valence electrons. The Balaban J connectivity index is 1.60. The van der Waals surface area contributed by atoms with E-state index in [2.05, 4.69) is 45.0 Å². The summed E-state index contributed by atoms with van der Waals surface area (Å²) in [7, 11) is 0. The topological polar surface area (TPSA) is 32.7 Å². The fourth-order valence-electron chi connectivity index (χ4n) is 4.28. The van der Waals surface area contributed by atoms with E-state index in [-0.39, 0.29) is 11.4 Å². The number of rotatable bonds is 5. The van der Waals surface area contributed by atoms with Crippen LogP contribution in [0.2, 0.25) is 0 Å². The van der Waals surface area contributed by atoms with Crippen molar-refractivity contribution in [1.82, 2.24) is 5.01 Å². The molecule has 1 aromatic rings. The number of aryl methyl sites for hydroxylation is 1. The van der Waals surface area contributed by atoms with Crippen LogP contribution in [-0.4, -0.2) is 22.2 Å². The van der Waals surface area contributed by atoms with Gasteiger partial charge in [0.25, 0.3) is 0 Å². The van der Waals surface area contributed by atoms with Gasteiger partial charge in [-0.2, -0.15) is 5.10 Å². The molecule has 1 aliphatic heterocycles. The summed E-state index contributed by atoms with van der Waals surface area (Å²) in [5.41, 5.74) is 3.19. The lowest BCUT2D eigenvalue weighted by Crippen LogP contribution is -2.40. The number of nitrogens with zero attached hydrogens (tertiary/aromatic N) is 2. The van der Waals surface area contributed by atoms with Gasteiger partial charge < -0.3 is 0 Å². The second-order valence-electron chi connectivity index (χ2n) is 8.51. The van der Waals surface area contributed by atoms with E-state index >= 15 is 0 Å². The third-order valence-corrected chi connectivity index (χ3v) is 5.71. The lowest BCUT2D eigenvalue weighted by molar-refractivity contribution is -0.135. The third-order valence-electron chi connectivity index (χ3n) is 5.71. The summed E-state index contributed by atoms with van der Waals surface area (Å²) in [6.45, 7) is 6.34. The van der Waals surface area contributed by atoms with E-state index in [1.165, 1.54) is 44.1 Å². The molecule has 0 radical (unpaired) electrons. The fourth-order valence-corrected chi connectivity index (χ4v) is 4.28. The van der Waals surface area contributed by atoms with Crippen molar-refractivity contribution in [3.05, 3.63) is 35.4 Å².